The van der Waals surface area contributed by atoms with Crippen molar-refractivity contribution in [2.24, 2.45) is 0 Å². The van der Waals surface area contributed by atoms with Gasteiger partial charge in [-0.3, -0.25) is 9.10 Å². The number of aryl methyl sites for hydroxylation is 1. The molecule has 2 heterocycles. The Morgan fingerprint density at radius 2 is 1.88 bits per heavy atom. The summed E-state index contributed by atoms with van der Waals surface area (Å²) in [6.07, 6.45) is 4.74. The predicted molar refractivity (Wildman–Crippen MR) is 124 cm³/mol. The second kappa shape index (κ2) is 9.22. The Balaban J connectivity index is 1.57. The zero-order valence-electron chi connectivity index (χ0n) is 18.9. The van der Waals surface area contributed by atoms with Gasteiger partial charge in [-0.1, -0.05) is 18.2 Å². The van der Waals surface area contributed by atoms with E-state index in [4.69, 9.17) is 4.74 Å². The lowest BCUT2D eigenvalue weighted by molar-refractivity contribution is 0.0689. The summed E-state index contributed by atoms with van der Waals surface area (Å²) in [7, 11) is -0.933. The Hall–Kier alpha value is -3.40. The van der Waals surface area contributed by atoms with Gasteiger partial charge in [-0.2, -0.15) is 5.10 Å². The van der Waals surface area contributed by atoms with Crippen LogP contribution in [0.3, 0.4) is 0 Å². The van der Waals surface area contributed by atoms with Crippen LogP contribution in [0, 0.1) is 6.92 Å². The van der Waals surface area contributed by atoms with Crippen LogP contribution in [0.15, 0.2) is 60.0 Å². The Morgan fingerprint density at radius 3 is 2.55 bits per heavy atom. The number of piperidine rings is 1. The van der Waals surface area contributed by atoms with Crippen LogP contribution in [0.25, 0.3) is 0 Å². The highest BCUT2D eigenvalue weighted by molar-refractivity contribution is 7.92. The maximum atomic E-state index is 13.4. The molecule has 1 fully saturated rings. The van der Waals surface area contributed by atoms with Gasteiger partial charge in [-0.05, 0) is 49.6 Å². The largest absolute Gasteiger partial charge is 0.495 e. The summed E-state index contributed by atoms with van der Waals surface area (Å²) in [5, 5.41) is 4.20. The molecule has 9 nitrogen and oxygen atoms in total. The molecule has 1 aliphatic heterocycles. The molecule has 1 aliphatic rings. The highest BCUT2D eigenvalue weighted by Gasteiger charge is 2.28. The van der Waals surface area contributed by atoms with E-state index in [1.807, 2.05) is 11.6 Å². The third kappa shape index (κ3) is 4.43. The first kappa shape index (κ1) is 22.8. The number of benzene rings is 2. The van der Waals surface area contributed by atoms with Gasteiger partial charge in [0.05, 0.1) is 23.7 Å². The number of aromatic nitrogens is 3. The Kier molecular flexibility index (Phi) is 6.37. The fourth-order valence-corrected chi connectivity index (χ4v) is 5.31. The van der Waals surface area contributed by atoms with Crippen molar-refractivity contribution < 1.29 is 17.9 Å². The lowest BCUT2D eigenvalue weighted by Gasteiger charge is -2.32. The van der Waals surface area contributed by atoms with E-state index in [1.54, 1.807) is 41.6 Å². The normalized spacial score (nSPS) is 14.8. The summed E-state index contributed by atoms with van der Waals surface area (Å²) in [5.74, 6) is 0.281. The maximum Gasteiger partial charge on any atom is 0.264 e. The minimum Gasteiger partial charge on any atom is -0.495 e. The van der Waals surface area contributed by atoms with E-state index < -0.39 is 10.0 Å². The molecule has 0 bridgehead atoms. The molecule has 3 aromatic rings. The van der Waals surface area contributed by atoms with Crippen LogP contribution < -0.4 is 9.04 Å². The number of nitrogens with zero attached hydrogens (tertiary/aromatic N) is 5. The molecule has 0 saturated carbocycles. The number of hydrogen-bond acceptors (Lipinski definition) is 6. The van der Waals surface area contributed by atoms with Gasteiger partial charge in [0.25, 0.3) is 15.9 Å². The molecular weight excluding hydrogens is 442 g/mol. The van der Waals surface area contributed by atoms with Crippen LogP contribution in [-0.2, 0) is 10.0 Å². The number of hydrogen-bond donors (Lipinski definition) is 0. The Bertz CT molecular complexity index is 1240. The number of likely N-dealkylation sites (tertiary alicyclic amines) is 1. The highest BCUT2D eigenvalue weighted by Crippen LogP contribution is 2.32. The third-order valence-corrected chi connectivity index (χ3v) is 7.85. The molecular formula is C23H27N5O4S. The van der Waals surface area contributed by atoms with Gasteiger partial charge in [-0.25, -0.2) is 18.1 Å². The molecule has 4 rings (SSSR count). The topological polar surface area (TPSA) is 97.6 Å². The standard InChI is InChI=1S/C23H27N5O4S/c1-17-8-9-19(33(30,31)26(2)21-6-4-5-7-22(21)32-3)14-20(17)23(29)27-12-10-18(11-13-27)28-16-24-15-25-28/h4-9,14-16,18H,10-13H2,1-3H3. The van der Waals surface area contributed by atoms with E-state index >= 15 is 0 Å². The van der Waals surface area contributed by atoms with Crippen LogP contribution in [0.2, 0.25) is 0 Å². The zero-order chi connectivity index (χ0) is 23.6. The number of amides is 1. The molecule has 1 saturated heterocycles. The number of anilines is 1. The van der Waals surface area contributed by atoms with Crippen LogP contribution >= 0.6 is 0 Å². The van der Waals surface area contributed by atoms with Gasteiger partial charge >= 0.3 is 0 Å². The number of methoxy groups -OCH3 is 1. The second-order valence-corrected chi connectivity index (χ2v) is 9.99. The van der Waals surface area contributed by atoms with E-state index in [0.717, 1.165) is 18.4 Å². The lowest BCUT2D eigenvalue weighted by atomic mass is 10.0. The molecule has 10 heteroatoms. The number of ether oxygens (including phenoxy) is 1. The van der Waals surface area contributed by atoms with Gasteiger partial charge < -0.3 is 9.64 Å². The molecule has 2 aromatic carbocycles. The second-order valence-electron chi connectivity index (χ2n) is 8.02. The summed E-state index contributed by atoms with van der Waals surface area (Å²) >= 11 is 0. The average molecular weight is 470 g/mol. The molecule has 0 unspecified atom stereocenters. The van der Waals surface area contributed by atoms with Gasteiger partial charge in [0.15, 0.2) is 0 Å². The van der Waals surface area contributed by atoms with Gasteiger partial charge in [0, 0.05) is 25.7 Å². The van der Waals surface area contributed by atoms with Crippen molar-refractivity contribution in [2.45, 2.75) is 30.7 Å². The lowest BCUT2D eigenvalue weighted by Crippen LogP contribution is -2.39. The Morgan fingerprint density at radius 1 is 1.15 bits per heavy atom. The molecule has 0 spiro atoms. The van der Waals surface area contributed by atoms with E-state index in [1.165, 1.54) is 36.9 Å². The number of para-hydroxylation sites is 2. The monoisotopic (exact) mass is 469 g/mol. The first-order valence-corrected chi connectivity index (χ1v) is 12.1. The predicted octanol–water partition coefficient (Wildman–Crippen LogP) is 2.90. The van der Waals surface area contributed by atoms with E-state index in [2.05, 4.69) is 10.1 Å². The summed E-state index contributed by atoms with van der Waals surface area (Å²) in [5.41, 5.74) is 1.55. The third-order valence-electron chi connectivity index (χ3n) is 6.08. The number of rotatable bonds is 6. The van der Waals surface area contributed by atoms with Crippen molar-refractivity contribution >= 4 is 21.6 Å². The van der Waals surface area contributed by atoms with Crippen molar-refractivity contribution in [1.29, 1.82) is 0 Å². The van der Waals surface area contributed by atoms with Crippen molar-refractivity contribution in [2.75, 3.05) is 31.6 Å². The molecule has 0 aliphatic carbocycles. The summed E-state index contributed by atoms with van der Waals surface area (Å²) in [4.78, 5) is 19.1. The fraction of sp³-hybridized carbons (Fsp3) is 0.348. The molecule has 33 heavy (non-hydrogen) atoms. The van der Waals surface area contributed by atoms with Crippen LogP contribution in [0.5, 0.6) is 5.75 Å². The van der Waals surface area contributed by atoms with Crippen molar-refractivity contribution in [1.82, 2.24) is 19.7 Å². The number of carbonyl (C=O) groups excluding carboxylic acids is 1. The number of sulfonamides is 1. The molecule has 174 valence electrons. The van der Waals surface area contributed by atoms with Gasteiger partial charge in [0.2, 0.25) is 0 Å². The zero-order valence-corrected chi connectivity index (χ0v) is 19.7. The van der Waals surface area contributed by atoms with Gasteiger partial charge in [0.1, 0.15) is 18.4 Å². The van der Waals surface area contributed by atoms with Gasteiger partial charge in [-0.15, -0.1) is 0 Å². The first-order chi connectivity index (χ1) is 15.8. The summed E-state index contributed by atoms with van der Waals surface area (Å²) < 4.78 is 35.1. The first-order valence-electron chi connectivity index (χ1n) is 10.7. The molecule has 0 N–H and O–H groups in total. The summed E-state index contributed by atoms with van der Waals surface area (Å²) in [6.45, 7) is 2.96. The Labute approximate surface area is 193 Å². The quantitative estimate of drug-likeness (QED) is 0.551. The van der Waals surface area contributed by atoms with Crippen molar-refractivity contribution in [3.63, 3.8) is 0 Å². The molecule has 1 aromatic heterocycles. The molecule has 1 amide bonds. The minimum absolute atomic E-state index is 0.0577. The smallest absolute Gasteiger partial charge is 0.264 e. The number of carbonyl (C=O) groups is 1. The van der Waals surface area contributed by atoms with E-state index in [0.29, 0.717) is 30.1 Å². The average Bonchev–Trinajstić information content (AvgIpc) is 3.38. The highest BCUT2D eigenvalue weighted by atomic mass is 32.2. The summed E-state index contributed by atoms with van der Waals surface area (Å²) in [6, 6.07) is 11.8. The van der Waals surface area contributed by atoms with E-state index in [-0.39, 0.29) is 16.8 Å². The molecule has 0 atom stereocenters. The molecule has 0 radical (unpaired) electrons. The van der Waals surface area contributed by atoms with Crippen LogP contribution in [0.4, 0.5) is 5.69 Å². The van der Waals surface area contributed by atoms with Crippen LogP contribution in [0.1, 0.15) is 34.8 Å². The maximum absolute atomic E-state index is 13.4. The van der Waals surface area contributed by atoms with Crippen molar-refractivity contribution in [3.05, 3.63) is 66.2 Å². The SMILES string of the molecule is COc1ccccc1N(C)S(=O)(=O)c1ccc(C)c(C(=O)N2CCC(n3cncn3)CC2)c1. The minimum atomic E-state index is -3.90. The van der Waals surface area contributed by atoms with Crippen LogP contribution in [-0.4, -0.2) is 61.2 Å². The fourth-order valence-electron chi connectivity index (χ4n) is 4.08. The van der Waals surface area contributed by atoms with Crippen molar-refractivity contribution in [3.8, 4) is 5.75 Å². The van der Waals surface area contributed by atoms with E-state index in [9.17, 15) is 13.2 Å².